The van der Waals surface area contributed by atoms with E-state index in [-0.39, 0.29) is 0 Å². The lowest BCUT2D eigenvalue weighted by Crippen LogP contribution is -2.42. The molecule has 3 heteroatoms. The first-order chi connectivity index (χ1) is 7.65. The van der Waals surface area contributed by atoms with Crippen LogP contribution in [0.5, 0.6) is 0 Å². The third-order valence-corrected chi connectivity index (χ3v) is 4.44. The fourth-order valence-corrected chi connectivity index (χ4v) is 3.26. The predicted octanol–water partition coefficient (Wildman–Crippen LogP) is 2.56. The normalized spacial score (nSPS) is 17.1. The molecule has 0 aromatic heterocycles. The summed E-state index contributed by atoms with van der Waals surface area (Å²) in [5.74, 6) is 1.17. The van der Waals surface area contributed by atoms with Crippen molar-refractivity contribution in [3.05, 3.63) is 23.3 Å². The number of hydrogen-bond acceptors (Lipinski definition) is 3. The van der Waals surface area contributed by atoms with Gasteiger partial charge in [-0.3, -0.25) is 0 Å². The predicted molar refractivity (Wildman–Crippen MR) is 72.5 cm³/mol. The summed E-state index contributed by atoms with van der Waals surface area (Å²) in [6, 6.07) is 4.90. The molecule has 16 heavy (non-hydrogen) atoms. The van der Waals surface area contributed by atoms with Crippen molar-refractivity contribution in [2.45, 2.75) is 31.7 Å². The highest BCUT2D eigenvalue weighted by atomic mass is 32.2. The number of benzene rings is 1. The average molecular weight is 236 g/mol. The van der Waals surface area contributed by atoms with Gasteiger partial charge in [-0.2, -0.15) is 0 Å². The maximum absolute atomic E-state index is 5.80. The van der Waals surface area contributed by atoms with Gasteiger partial charge < -0.3 is 10.6 Å². The van der Waals surface area contributed by atoms with E-state index in [2.05, 4.69) is 37.8 Å². The van der Waals surface area contributed by atoms with Gasteiger partial charge in [0, 0.05) is 29.8 Å². The first kappa shape index (κ1) is 11.8. The highest BCUT2D eigenvalue weighted by molar-refractivity contribution is 7.99. The van der Waals surface area contributed by atoms with Crippen LogP contribution in [-0.4, -0.2) is 24.9 Å². The van der Waals surface area contributed by atoms with Crippen LogP contribution in [0.25, 0.3) is 0 Å². The van der Waals surface area contributed by atoms with Gasteiger partial charge in [0.15, 0.2) is 0 Å². The van der Waals surface area contributed by atoms with E-state index in [4.69, 9.17) is 5.73 Å². The van der Waals surface area contributed by atoms with Crippen LogP contribution in [0.3, 0.4) is 0 Å². The van der Waals surface area contributed by atoms with Crippen molar-refractivity contribution < 1.29 is 0 Å². The van der Waals surface area contributed by atoms with Gasteiger partial charge in [-0.25, -0.2) is 0 Å². The molecule has 1 aliphatic heterocycles. The second-order valence-corrected chi connectivity index (χ2v) is 5.62. The molecule has 1 unspecified atom stereocenters. The van der Waals surface area contributed by atoms with Gasteiger partial charge in [-0.05, 0) is 38.0 Å². The minimum Gasteiger partial charge on any atom is -0.366 e. The number of hydrogen-bond donors (Lipinski definition) is 1. The molecule has 1 aliphatic rings. The van der Waals surface area contributed by atoms with Crippen LogP contribution in [0.4, 0.5) is 5.69 Å². The van der Waals surface area contributed by atoms with Crippen LogP contribution in [-0.2, 0) is 0 Å². The fourth-order valence-electron chi connectivity index (χ4n) is 2.18. The number of rotatable bonds is 2. The summed E-state index contributed by atoms with van der Waals surface area (Å²) >= 11 is 1.96. The van der Waals surface area contributed by atoms with E-state index < -0.39 is 0 Å². The molecule has 1 aromatic carbocycles. The molecule has 2 N–H and O–H groups in total. The monoisotopic (exact) mass is 236 g/mol. The number of aryl methyl sites for hydroxylation is 1. The lowest BCUT2D eigenvalue weighted by atomic mass is 10.1. The number of nitrogens with zero attached hydrogens (tertiary/aromatic N) is 1. The van der Waals surface area contributed by atoms with E-state index in [1.54, 1.807) is 0 Å². The van der Waals surface area contributed by atoms with Gasteiger partial charge in [0.05, 0.1) is 5.69 Å². The summed E-state index contributed by atoms with van der Waals surface area (Å²) in [6.45, 7) is 8.44. The lowest BCUT2D eigenvalue weighted by molar-refractivity contribution is 0.649. The standard InChI is InChI=1S/C13H20N2S/c1-9-4-5-12-13(11(9)3)15(6-7-16-12)10(2)8-14/h4-5,10H,6-8,14H2,1-3H3. The summed E-state index contributed by atoms with van der Waals surface area (Å²) in [5, 5.41) is 0. The Labute approximate surface area is 102 Å². The Kier molecular flexibility index (Phi) is 3.45. The fraction of sp³-hybridized carbons (Fsp3) is 0.538. The summed E-state index contributed by atoms with van der Waals surface area (Å²) < 4.78 is 0. The Bertz CT molecular complexity index is 390. The quantitative estimate of drug-likeness (QED) is 0.855. The molecule has 1 aromatic rings. The van der Waals surface area contributed by atoms with Crippen molar-refractivity contribution in [3.8, 4) is 0 Å². The van der Waals surface area contributed by atoms with Crippen molar-refractivity contribution in [2.24, 2.45) is 5.73 Å². The molecule has 0 spiro atoms. The highest BCUT2D eigenvalue weighted by Crippen LogP contribution is 2.39. The molecule has 0 radical (unpaired) electrons. The smallest absolute Gasteiger partial charge is 0.0539 e. The molecule has 0 saturated carbocycles. The third-order valence-electron chi connectivity index (χ3n) is 3.41. The molecular formula is C13H20N2S. The van der Waals surface area contributed by atoms with E-state index in [1.165, 1.54) is 27.5 Å². The van der Waals surface area contributed by atoms with Crippen LogP contribution in [0, 0.1) is 13.8 Å². The average Bonchev–Trinajstić information content (AvgIpc) is 2.32. The molecule has 2 nitrogen and oxygen atoms in total. The molecule has 0 saturated heterocycles. The zero-order chi connectivity index (χ0) is 11.7. The minimum atomic E-state index is 0.431. The van der Waals surface area contributed by atoms with Gasteiger partial charge in [-0.15, -0.1) is 11.8 Å². The van der Waals surface area contributed by atoms with Crippen LogP contribution in [0.15, 0.2) is 17.0 Å². The molecule has 88 valence electrons. The van der Waals surface area contributed by atoms with E-state index >= 15 is 0 Å². The Morgan fingerprint density at radius 2 is 2.19 bits per heavy atom. The van der Waals surface area contributed by atoms with Crippen LogP contribution >= 0.6 is 11.8 Å². The second-order valence-electron chi connectivity index (χ2n) is 4.48. The van der Waals surface area contributed by atoms with E-state index in [9.17, 15) is 0 Å². The minimum absolute atomic E-state index is 0.431. The van der Waals surface area contributed by atoms with Crippen molar-refractivity contribution in [1.82, 2.24) is 0 Å². The van der Waals surface area contributed by atoms with Crippen molar-refractivity contribution in [1.29, 1.82) is 0 Å². The highest BCUT2D eigenvalue weighted by Gasteiger charge is 2.23. The first-order valence-electron chi connectivity index (χ1n) is 5.85. The maximum Gasteiger partial charge on any atom is 0.0539 e. The Morgan fingerprint density at radius 1 is 1.44 bits per heavy atom. The van der Waals surface area contributed by atoms with Gasteiger partial charge in [0.2, 0.25) is 0 Å². The van der Waals surface area contributed by atoms with Crippen molar-refractivity contribution >= 4 is 17.4 Å². The second kappa shape index (κ2) is 4.68. The van der Waals surface area contributed by atoms with Crippen molar-refractivity contribution in [2.75, 3.05) is 23.7 Å². The third kappa shape index (κ3) is 1.94. The van der Waals surface area contributed by atoms with Crippen LogP contribution in [0.2, 0.25) is 0 Å². The summed E-state index contributed by atoms with van der Waals surface area (Å²) in [5.41, 5.74) is 9.99. The zero-order valence-corrected chi connectivity index (χ0v) is 11.1. The molecule has 0 fully saturated rings. The SMILES string of the molecule is Cc1ccc2c(c1C)N(C(C)CN)CCS2. The molecule has 0 amide bonds. The van der Waals surface area contributed by atoms with E-state index in [0.717, 1.165) is 13.1 Å². The Hall–Kier alpha value is -0.670. The van der Waals surface area contributed by atoms with E-state index in [0.29, 0.717) is 6.04 Å². The largest absolute Gasteiger partial charge is 0.366 e. The topological polar surface area (TPSA) is 29.3 Å². The maximum atomic E-state index is 5.80. The zero-order valence-electron chi connectivity index (χ0n) is 10.3. The molecule has 1 heterocycles. The van der Waals surface area contributed by atoms with Gasteiger partial charge in [-0.1, -0.05) is 6.07 Å². The number of nitrogens with two attached hydrogens (primary N) is 1. The van der Waals surface area contributed by atoms with Gasteiger partial charge in [0.25, 0.3) is 0 Å². The Balaban J connectivity index is 2.47. The van der Waals surface area contributed by atoms with Gasteiger partial charge >= 0.3 is 0 Å². The molecule has 2 rings (SSSR count). The van der Waals surface area contributed by atoms with Gasteiger partial charge in [0.1, 0.15) is 0 Å². The molecular weight excluding hydrogens is 216 g/mol. The van der Waals surface area contributed by atoms with Crippen LogP contribution < -0.4 is 10.6 Å². The summed E-state index contributed by atoms with van der Waals surface area (Å²) in [4.78, 5) is 3.88. The molecule has 0 bridgehead atoms. The number of thioether (sulfide) groups is 1. The molecule has 0 aliphatic carbocycles. The molecule has 1 atom stereocenters. The Morgan fingerprint density at radius 3 is 2.88 bits per heavy atom. The first-order valence-corrected chi connectivity index (χ1v) is 6.83. The summed E-state index contributed by atoms with van der Waals surface area (Å²) in [7, 11) is 0. The van der Waals surface area contributed by atoms with E-state index in [1.807, 2.05) is 11.8 Å². The van der Waals surface area contributed by atoms with Crippen LogP contribution in [0.1, 0.15) is 18.1 Å². The summed E-state index contributed by atoms with van der Waals surface area (Å²) in [6.07, 6.45) is 0. The number of anilines is 1. The van der Waals surface area contributed by atoms with Crippen molar-refractivity contribution in [3.63, 3.8) is 0 Å². The lowest BCUT2D eigenvalue weighted by Gasteiger charge is -2.37. The number of fused-ring (bicyclic) bond motifs is 1.